The van der Waals surface area contributed by atoms with Crippen molar-refractivity contribution >= 4 is 22.6 Å². The van der Waals surface area contributed by atoms with Gasteiger partial charge < -0.3 is 0 Å². The van der Waals surface area contributed by atoms with E-state index in [0.717, 1.165) is 11.0 Å². The third-order valence-electron chi connectivity index (χ3n) is 1.29. The fourth-order valence-corrected chi connectivity index (χ4v) is 1.02. The number of halogens is 1. The van der Waals surface area contributed by atoms with Gasteiger partial charge in [0.05, 0.1) is 11.2 Å². The minimum absolute atomic E-state index is 0.655. The zero-order valence-corrected chi connectivity index (χ0v) is 5.76. The van der Waals surface area contributed by atoms with E-state index >= 15 is 0 Å². The van der Waals surface area contributed by atoms with Gasteiger partial charge in [0.1, 0.15) is 11.0 Å². The summed E-state index contributed by atoms with van der Waals surface area (Å²) in [7, 11) is 0. The minimum atomic E-state index is 0.655. The van der Waals surface area contributed by atoms with Crippen molar-refractivity contribution in [1.82, 2.24) is 15.2 Å². The van der Waals surface area contributed by atoms with Crippen molar-refractivity contribution in [2.45, 2.75) is 0 Å². The van der Waals surface area contributed by atoms with Crippen LogP contribution in [0.4, 0.5) is 0 Å². The number of rotatable bonds is 0. The molecule has 0 aromatic carbocycles. The molecule has 0 spiro atoms. The molecule has 2 rings (SSSR count). The smallest absolute Gasteiger partial charge is 0.109 e. The molecule has 1 N–H and O–H groups in total. The molecule has 2 heterocycles. The number of nitrogens with zero attached hydrogens (tertiary/aromatic N) is 2. The average Bonchev–Trinajstić information content (AvgIpc) is 2.36. The lowest BCUT2D eigenvalue weighted by Crippen LogP contribution is -1.73. The molecule has 3 nitrogen and oxygen atoms in total. The van der Waals surface area contributed by atoms with Gasteiger partial charge in [-0.1, -0.05) is 11.6 Å². The number of hydrogen-bond donors (Lipinski definition) is 1. The largest absolute Gasteiger partial charge is 0.275 e. The summed E-state index contributed by atoms with van der Waals surface area (Å²) in [5.41, 5.74) is 1.59. The standard InChI is InChI=1S/C6H4ClN3/c7-4-1-2-8-5-3-9-10-6(4)5/h1-3H,(H,9,10). The number of pyridine rings is 1. The molecule has 0 radical (unpaired) electrons. The van der Waals surface area contributed by atoms with Crippen LogP contribution in [0.25, 0.3) is 11.0 Å². The minimum Gasteiger partial charge on any atom is -0.275 e. The normalized spacial score (nSPS) is 10.5. The van der Waals surface area contributed by atoms with E-state index in [0.29, 0.717) is 5.02 Å². The molecule has 0 unspecified atom stereocenters. The van der Waals surface area contributed by atoms with Gasteiger partial charge in [-0.3, -0.25) is 10.1 Å². The van der Waals surface area contributed by atoms with Crippen LogP contribution >= 0.6 is 11.6 Å². The van der Waals surface area contributed by atoms with E-state index in [1.165, 1.54) is 0 Å². The fourth-order valence-electron chi connectivity index (χ4n) is 0.820. The second-order valence-corrected chi connectivity index (χ2v) is 2.33. The van der Waals surface area contributed by atoms with Crippen LogP contribution in [0.2, 0.25) is 5.02 Å². The van der Waals surface area contributed by atoms with Crippen LogP contribution in [-0.4, -0.2) is 15.2 Å². The highest BCUT2D eigenvalue weighted by Gasteiger charge is 1.98. The van der Waals surface area contributed by atoms with Crippen molar-refractivity contribution in [2.24, 2.45) is 0 Å². The Hall–Kier alpha value is -1.09. The maximum absolute atomic E-state index is 5.79. The van der Waals surface area contributed by atoms with Gasteiger partial charge in [-0.2, -0.15) is 5.10 Å². The molecular weight excluding hydrogens is 150 g/mol. The molecular formula is C6H4ClN3. The number of aromatic nitrogens is 3. The maximum Gasteiger partial charge on any atom is 0.109 e. The zero-order chi connectivity index (χ0) is 6.97. The van der Waals surface area contributed by atoms with Gasteiger partial charge in [0.25, 0.3) is 0 Å². The highest BCUT2D eigenvalue weighted by molar-refractivity contribution is 6.34. The van der Waals surface area contributed by atoms with E-state index in [-0.39, 0.29) is 0 Å². The summed E-state index contributed by atoms with van der Waals surface area (Å²) in [6.07, 6.45) is 3.29. The Morgan fingerprint density at radius 2 is 2.40 bits per heavy atom. The molecule has 2 aromatic heterocycles. The summed E-state index contributed by atoms with van der Waals surface area (Å²) in [6, 6.07) is 1.72. The van der Waals surface area contributed by atoms with E-state index in [1.807, 2.05) is 0 Å². The summed E-state index contributed by atoms with van der Waals surface area (Å²) in [6.45, 7) is 0. The van der Waals surface area contributed by atoms with Gasteiger partial charge >= 0.3 is 0 Å². The van der Waals surface area contributed by atoms with Crippen LogP contribution < -0.4 is 0 Å². The molecule has 0 aliphatic heterocycles. The number of nitrogens with one attached hydrogen (secondary N) is 1. The van der Waals surface area contributed by atoms with Crippen molar-refractivity contribution in [3.63, 3.8) is 0 Å². The number of fused-ring (bicyclic) bond motifs is 1. The first kappa shape index (κ1) is 5.68. The first-order chi connectivity index (χ1) is 4.88. The number of H-pyrrole nitrogens is 1. The summed E-state index contributed by atoms with van der Waals surface area (Å²) in [4.78, 5) is 4.02. The van der Waals surface area contributed by atoms with Crippen molar-refractivity contribution in [3.05, 3.63) is 23.5 Å². The Kier molecular flexibility index (Phi) is 1.11. The molecule has 0 amide bonds. The summed E-state index contributed by atoms with van der Waals surface area (Å²) < 4.78 is 0. The monoisotopic (exact) mass is 153 g/mol. The number of hydrogen-bond acceptors (Lipinski definition) is 2. The lowest BCUT2D eigenvalue weighted by molar-refractivity contribution is 1.12. The summed E-state index contributed by atoms with van der Waals surface area (Å²) in [5.74, 6) is 0. The van der Waals surface area contributed by atoms with Crippen molar-refractivity contribution in [2.75, 3.05) is 0 Å². The van der Waals surface area contributed by atoms with Crippen molar-refractivity contribution in [1.29, 1.82) is 0 Å². The van der Waals surface area contributed by atoms with Crippen LogP contribution in [0.3, 0.4) is 0 Å². The molecule has 50 valence electrons. The van der Waals surface area contributed by atoms with Crippen LogP contribution in [0.1, 0.15) is 0 Å². The molecule has 4 heteroatoms. The second-order valence-electron chi connectivity index (χ2n) is 1.92. The van der Waals surface area contributed by atoms with Crippen LogP contribution in [0, 0.1) is 0 Å². The Morgan fingerprint density at radius 1 is 1.50 bits per heavy atom. The molecule has 0 atom stereocenters. The summed E-state index contributed by atoms with van der Waals surface area (Å²) >= 11 is 5.79. The second kappa shape index (κ2) is 1.95. The molecule has 10 heavy (non-hydrogen) atoms. The lowest BCUT2D eigenvalue weighted by Gasteiger charge is -1.87. The molecule has 0 aliphatic rings. The Bertz CT molecular complexity index is 355. The van der Waals surface area contributed by atoms with E-state index in [9.17, 15) is 0 Å². The number of aromatic amines is 1. The maximum atomic E-state index is 5.79. The van der Waals surface area contributed by atoms with Gasteiger partial charge in [-0.05, 0) is 6.07 Å². The molecule has 0 aliphatic carbocycles. The van der Waals surface area contributed by atoms with E-state index in [2.05, 4.69) is 15.2 Å². The third kappa shape index (κ3) is 0.675. The molecule has 0 saturated heterocycles. The Morgan fingerprint density at radius 3 is 3.20 bits per heavy atom. The third-order valence-corrected chi connectivity index (χ3v) is 1.61. The SMILES string of the molecule is Clc1ccnc2cn[nH]c12. The highest BCUT2D eigenvalue weighted by atomic mass is 35.5. The molecule has 2 aromatic rings. The van der Waals surface area contributed by atoms with Crippen LogP contribution in [0.5, 0.6) is 0 Å². The van der Waals surface area contributed by atoms with Gasteiger partial charge in [0.2, 0.25) is 0 Å². The van der Waals surface area contributed by atoms with Gasteiger partial charge in [-0.15, -0.1) is 0 Å². The summed E-state index contributed by atoms with van der Waals surface area (Å²) in [5, 5.41) is 7.19. The molecule has 0 fully saturated rings. The van der Waals surface area contributed by atoms with E-state index < -0.39 is 0 Å². The predicted molar refractivity (Wildman–Crippen MR) is 38.9 cm³/mol. The first-order valence-electron chi connectivity index (χ1n) is 2.81. The van der Waals surface area contributed by atoms with E-state index in [4.69, 9.17) is 11.6 Å². The lowest BCUT2D eigenvalue weighted by atomic mass is 10.4. The highest BCUT2D eigenvalue weighted by Crippen LogP contribution is 2.17. The zero-order valence-electron chi connectivity index (χ0n) is 5.00. The Labute approximate surface area is 62.0 Å². The van der Waals surface area contributed by atoms with Crippen LogP contribution in [0.15, 0.2) is 18.5 Å². The van der Waals surface area contributed by atoms with Crippen molar-refractivity contribution in [3.8, 4) is 0 Å². The average molecular weight is 154 g/mol. The predicted octanol–water partition coefficient (Wildman–Crippen LogP) is 1.61. The van der Waals surface area contributed by atoms with Gasteiger partial charge in [0, 0.05) is 6.20 Å². The first-order valence-corrected chi connectivity index (χ1v) is 3.19. The molecule has 0 saturated carbocycles. The Balaban J connectivity index is 2.95. The fraction of sp³-hybridized carbons (Fsp3) is 0. The van der Waals surface area contributed by atoms with Crippen LogP contribution in [-0.2, 0) is 0 Å². The van der Waals surface area contributed by atoms with E-state index in [1.54, 1.807) is 18.5 Å². The van der Waals surface area contributed by atoms with Gasteiger partial charge in [0.15, 0.2) is 0 Å². The quantitative estimate of drug-likeness (QED) is 0.625. The topological polar surface area (TPSA) is 41.6 Å². The van der Waals surface area contributed by atoms with Gasteiger partial charge in [-0.25, -0.2) is 0 Å². The molecule has 0 bridgehead atoms. The van der Waals surface area contributed by atoms with Crippen molar-refractivity contribution < 1.29 is 0 Å².